The molecule has 0 atom stereocenters. The number of rotatable bonds is 4. The van der Waals surface area contributed by atoms with E-state index in [0.717, 1.165) is 9.80 Å². The van der Waals surface area contributed by atoms with E-state index in [1.807, 2.05) is 0 Å². The monoisotopic (exact) mass is 406 g/mol. The van der Waals surface area contributed by atoms with Crippen LogP contribution >= 0.6 is 0 Å². The summed E-state index contributed by atoms with van der Waals surface area (Å²) in [5, 5.41) is 0. The molecular weight excluding hydrogens is 388 g/mol. The summed E-state index contributed by atoms with van der Waals surface area (Å²) in [6.45, 7) is -0.600. The molecule has 152 valence electrons. The molecule has 0 unspecified atom stereocenters. The first-order chi connectivity index (χ1) is 14.5. The molecule has 0 radical (unpaired) electrons. The molecule has 0 aromatic heterocycles. The molecular formula is C22H18N2O6. The van der Waals surface area contributed by atoms with Gasteiger partial charge in [-0.15, -0.1) is 0 Å². The van der Waals surface area contributed by atoms with Gasteiger partial charge in [0.05, 0.1) is 11.4 Å². The van der Waals surface area contributed by atoms with Gasteiger partial charge < -0.3 is 9.47 Å². The van der Waals surface area contributed by atoms with Gasteiger partial charge in [0.1, 0.15) is 24.6 Å². The maximum atomic E-state index is 13.3. The van der Waals surface area contributed by atoms with Gasteiger partial charge in [-0.1, -0.05) is 24.3 Å². The van der Waals surface area contributed by atoms with E-state index in [0.29, 0.717) is 11.4 Å². The van der Waals surface area contributed by atoms with Crippen molar-refractivity contribution in [3.05, 3.63) is 71.1 Å². The molecule has 2 aliphatic heterocycles. The predicted octanol–water partition coefficient (Wildman–Crippen LogP) is 1.95. The third kappa shape index (κ3) is 2.85. The van der Waals surface area contributed by atoms with Gasteiger partial charge in [-0.25, -0.2) is 0 Å². The topological polar surface area (TPSA) is 93.2 Å². The molecule has 0 bridgehead atoms. The molecule has 0 fully saturated rings. The van der Waals surface area contributed by atoms with Crippen molar-refractivity contribution in [2.24, 2.45) is 0 Å². The lowest BCUT2D eigenvalue weighted by Crippen LogP contribution is -2.39. The third-order valence-corrected chi connectivity index (χ3v) is 4.92. The Morgan fingerprint density at radius 3 is 1.43 bits per heavy atom. The number of para-hydroxylation sites is 2. The van der Waals surface area contributed by atoms with Crippen LogP contribution in [0.25, 0.3) is 0 Å². The highest BCUT2D eigenvalue weighted by Crippen LogP contribution is 2.42. The largest absolute Gasteiger partial charge is 0.375 e. The second-order valence-corrected chi connectivity index (χ2v) is 6.71. The zero-order valence-electron chi connectivity index (χ0n) is 16.4. The summed E-state index contributed by atoms with van der Waals surface area (Å²) in [7, 11) is 2.72. The number of ketones is 2. The van der Waals surface area contributed by atoms with Crippen LogP contribution in [0.4, 0.5) is 11.4 Å². The van der Waals surface area contributed by atoms with Crippen LogP contribution in [-0.4, -0.2) is 50.8 Å². The first kappa shape index (κ1) is 19.7. The Morgan fingerprint density at radius 2 is 1.07 bits per heavy atom. The molecule has 8 heteroatoms. The van der Waals surface area contributed by atoms with Crippen molar-refractivity contribution in [2.45, 2.75) is 0 Å². The molecule has 4 rings (SSSR count). The molecule has 2 aromatic rings. The van der Waals surface area contributed by atoms with Crippen LogP contribution < -0.4 is 9.80 Å². The summed E-state index contributed by atoms with van der Waals surface area (Å²) < 4.78 is 9.94. The summed E-state index contributed by atoms with van der Waals surface area (Å²) >= 11 is 0. The number of hydrogen-bond acceptors (Lipinski definition) is 6. The van der Waals surface area contributed by atoms with Crippen LogP contribution in [-0.2, 0) is 19.1 Å². The van der Waals surface area contributed by atoms with Crippen LogP contribution in [0.15, 0.2) is 59.9 Å². The number of carbonyl (C=O) groups is 4. The summed E-state index contributed by atoms with van der Waals surface area (Å²) in [5.74, 6) is -2.08. The number of Topliss-reactive ketones (excluding diaryl/α,β-unsaturated/α-hetero) is 2. The normalized spacial score (nSPS) is 17.4. The average molecular weight is 406 g/mol. The molecule has 2 heterocycles. The summed E-state index contributed by atoms with van der Waals surface area (Å²) in [6.07, 6.45) is 0. The number of anilines is 2. The maximum Gasteiger partial charge on any atom is 0.257 e. The van der Waals surface area contributed by atoms with Gasteiger partial charge in [0.25, 0.3) is 11.8 Å². The van der Waals surface area contributed by atoms with Crippen molar-refractivity contribution in [3.8, 4) is 0 Å². The Balaban J connectivity index is 1.99. The number of carbonyl (C=O) groups excluding carboxylic acids is 4. The van der Waals surface area contributed by atoms with Crippen LogP contribution in [0.3, 0.4) is 0 Å². The Bertz CT molecular complexity index is 1030. The van der Waals surface area contributed by atoms with E-state index in [9.17, 15) is 19.2 Å². The van der Waals surface area contributed by atoms with Gasteiger partial charge >= 0.3 is 0 Å². The predicted molar refractivity (Wildman–Crippen MR) is 107 cm³/mol. The van der Waals surface area contributed by atoms with E-state index >= 15 is 0 Å². The second-order valence-electron chi connectivity index (χ2n) is 6.71. The van der Waals surface area contributed by atoms with Gasteiger partial charge in [-0.2, -0.15) is 0 Å². The highest BCUT2D eigenvalue weighted by molar-refractivity contribution is 6.34. The fourth-order valence-corrected chi connectivity index (χ4v) is 3.74. The summed E-state index contributed by atoms with van der Waals surface area (Å²) in [6, 6.07) is 13.1. The molecule has 0 saturated carbocycles. The van der Waals surface area contributed by atoms with E-state index in [-0.39, 0.29) is 35.7 Å². The van der Waals surface area contributed by atoms with E-state index in [1.165, 1.54) is 14.2 Å². The quantitative estimate of drug-likeness (QED) is 0.721. The van der Waals surface area contributed by atoms with Crippen LogP contribution in [0.5, 0.6) is 0 Å². The lowest BCUT2D eigenvalue weighted by atomic mass is 10.1. The highest BCUT2D eigenvalue weighted by Gasteiger charge is 2.46. The standard InChI is InChI=1S/C22H18N2O6/c1-29-11-17(25)23-15-9-5-3-7-13(15)21(27)19(23)20-22(28)14-8-4-6-10-16(14)24(20)18(26)12-30-2/h3-10H,11-12H2,1-2H3/b20-19+. The molecule has 2 aliphatic rings. The van der Waals surface area contributed by atoms with Crippen molar-refractivity contribution in [1.29, 1.82) is 0 Å². The highest BCUT2D eigenvalue weighted by atomic mass is 16.5. The molecule has 0 aliphatic carbocycles. The lowest BCUT2D eigenvalue weighted by Gasteiger charge is -2.24. The minimum Gasteiger partial charge on any atom is -0.375 e. The molecule has 0 N–H and O–H groups in total. The Morgan fingerprint density at radius 1 is 0.700 bits per heavy atom. The fraction of sp³-hybridized carbons (Fsp3) is 0.182. The van der Waals surface area contributed by atoms with Crippen LogP contribution in [0.2, 0.25) is 0 Å². The van der Waals surface area contributed by atoms with Crippen LogP contribution in [0, 0.1) is 0 Å². The molecule has 2 amide bonds. The van der Waals surface area contributed by atoms with Crippen molar-refractivity contribution < 1.29 is 28.7 Å². The zero-order chi connectivity index (χ0) is 21.4. The summed E-state index contributed by atoms with van der Waals surface area (Å²) in [5.41, 5.74) is 0.900. The molecule has 2 aromatic carbocycles. The molecule has 30 heavy (non-hydrogen) atoms. The minimum atomic E-state index is -0.527. The number of benzene rings is 2. The van der Waals surface area contributed by atoms with Crippen molar-refractivity contribution in [1.82, 2.24) is 0 Å². The van der Waals surface area contributed by atoms with E-state index in [2.05, 4.69) is 0 Å². The SMILES string of the molecule is COCC(=O)N1/C(=C2\C(=O)c3ccccc3N2C(=O)COC)C(=O)c2ccccc21. The van der Waals surface area contributed by atoms with Gasteiger partial charge in [-0.05, 0) is 24.3 Å². The second kappa shape index (κ2) is 7.66. The van der Waals surface area contributed by atoms with Gasteiger partial charge in [0.2, 0.25) is 11.6 Å². The maximum absolute atomic E-state index is 13.3. The van der Waals surface area contributed by atoms with Crippen molar-refractivity contribution in [2.75, 3.05) is 37.2 Å². The number of methoxy groups -OCH3 is 2. The number of allylic oxidation sites excluding steroid dienone is 2. The molecule has 0 spiro atoms. The number of fused-ring (bicyclic) bond motifs is 2. The van der Waals surface area contributed by atoms with E-state index in [1.54, 1.807) is 48.5 Å². The Labute approximate surface area is 172 Å². The van der Waals surface area contributed by atoms with E-state index in [4.69, 9.17) is 9.47 Å². The average Bonchev–Trinajstić information content (AvgIpc) is 3.20. The lowest BCUT2D eigenvalue weighted by molar-refractivity contribution is -0.122. The molecule has 8 nitrogen and oxygen atoms in total. The van der Waals surface area contributed by atoms with Gasteiger partial charge in [0.15, 0.2) is 0 Å². The number of hydrogen-bond donors (Lipinski definition) is 0. The Kier molecular flexibility index (Phi) is 5.03. The van der Waals surface area contributed by atoms with Gasteiger partial charge in [-0.3, -0.25) is 29.0 Å². The Hall–Kier alpha value is -3.62. The first-order valence-corrected chi connectivity index (χ1v) is 9.16. The zero-order valence-corrected chi connectivity index (χ0v) is 16.4. The number of amides is 2. The number of nitrogens with zero attached hydrogens (tertiary/aromatic N) is 2. The third-order valence-electron chi connectivity index (χ3n) is 4.92. The van der Waals surface area contributed by atoms with Crippen molar-refractivity contribution >= 4 is 34.8 Å². The minimum absolute atomic E-state index is 0.163. The van der Waals surface area contributed by atoms with Crippen LogP contribution in [0.1, 0.15) is 20.7 Å². The number of ether oxygens (including phenoxy) is 2. The summed E-state index contributed by atoms with van der Waals surface area (Å²) in [4.78, 5) is 54.7. The molecule has 0 saturated heterocycles. The smallest absolute Gasteiger partial charge is 0.257 e. The van der Waals surface area contributed by atoms with Gasteiger partial charge in [0, 0.05) is 25.3 Å². The first-order valence-electron chi connectivity index (χ1n) is 9.16. The fourth-order valence-electron chi connectivity index (χ4n) is 3.74. The van der Waals surface area contributed by atoms with Crippen molar-refractivity contribution in [3.63, 3.8) is 0 Å². The van der Waals surface area contributed by atoms with E-state index < -0.39 is 23.4 Å².